The zero-order valence-corrected chi connectivity index (χ0v) is 12.0. The Morgan fingerprint density at radius 3 is 2.70 bits per heavy atom. The molecule has 0 aliphatic heterocycles. The molecule has 0 bridgehead atoms. The van der Waals surface area contributed by atoms with Crippen molar-refractivity contribution in [1.29, 1.82) is 0 Å². The van der Waals surface area contributed by atoms with Crippen LogP contribution in [0.25, 0.3) is 11.0 Å². The first kappa shape index (κ1) is 13.2. The molecule has 106 valence electrons. The van der Waals surface area contributed by atoms with Crippen LogP contribution in [0.1, 0.15) is 31.5 Å². The molecule has 0 unspecified atom stereocenters. The second kappa shape index (κ2) is 4.97. The summed E-state index contributed by atoms with van der Waals surface area (Å²) in [5.41, 5.74) is -0.484. The first-order valence-corrected chi connectivity index (χ1v) is 7.19. The minimum absolute atomic E-state index is 0.253. The molecule has 0 aromatic carbocycles. The SMILES string of the molecule is Cn1c(=O)[nH]c(=O)c2c(=S)nc(CC3CCCC3)[nH]c21. The van der Waals surface area contributed by atoms with E-state index in [0.717, 1.165) is 12.2 Å². The topological polar surface area (TPSA) is 83.5 Å². The third-order valence-corrected chi connectivity index (χ3v) is 4.29. The first-order valence-electron chi connectivity index (χ1n) is 6.78. The summed E-state index contributed by atoms with van der Waals surface area (Å²) >= 11 is 5.21. The van der Waals surface area contributed by atoms with Gasteiger partial charge in [-0.3, -0.25) is 14.3 Å². The highest BCUT2D eigenvalue weighted by Gasteiger charge is 2.17. The van der Waals surface area contributed by atoms with Gasteiger partial charge in [0.2, 0.25) is 0 Å². The second-order valence-electron chi connectivity index (χ2n) is 5.39. The molecule has 0 atom stereocenters. The Bertz CT molecular complexity index is 827. The van der Waals surface area contributed by atoms with Gasteiger partial charge in [-0.2, -0.15) is 0 Å². The summed E-state index contributed by atoms with van der Waals surface area (Å²) < 4.78 is 1.62. The summed E-state index contributed by atoms with van der Waals surface area (Å²) in [5, 5.41) is 0.275. The van der Waals surface area contributed by atoms with E-state index in [1.165, 1.54) is 30.3 Å². The molecule has 0 amide bonds. The predicted molar refractivity (Wildman–Crippen MR) is 78.5 cm³/mol. The Morgan fingerprint density at radius 2 is 2.00 bits per heavy atom. The fourth-order valence-electron chi connectivity index (χ4n) is 2.89. The molecule has 20 heavy (non-hydrogen) atoms. The van der Waals surface area contributed by atoms with Gasteiger partial charge in [0.1, 0.15) is 21.5 Å². The van der Waals surface area contributed by atoms with E-state index in [9.17, 15) is 9.59 Å². The molecule has 1 saturated carbocycles. The van der Waals surface area contributed by atoms with Crippen molar-refractivity contribution >= 4 is 23.3 Å². The summed E-state index contributed by atoms with van der Waals surface area (Å²) in [5.74, 6) is 1.37. The molecule has 1 aliphatic carbocycles. The van der Waals surface area contributed by atoms with Crippen LogP contribution in [-0.4, -0.2) is 19.5 Å². The minimum Gasteiger partial charge on any atom is -0.329 e. The zero-order chi connectivity index (χ0) is 14.3. The molecular weight excluding hydrogens is 276 g/mol. The Labute approximate surface area is 119 Å². The molecule has 2 aromatic heterocycles. The zero-order valence-electron chi connectivity index (χ0n) is 11.2. The van der Waals surface area contributed by atoms with Gasteiger partial charge in [0.15, 0.2) is 0 Å². The Balaban J connectivity index is 2.17. The van der Waals surface area contributed by atoms with Crippen LogP contribution in [-0.2, 0) is 13.5 Å². The maximum atomic E-state index is 11.8. The van der Waals surface area contributed by atoms with Crippen LogP contribution in [0.4, 0.5) is 0 Å². The van der Waals surface area contributed by atoms with E-state index in [1.807, 2.05) is 0 Å². The van der Waals surface area contributed by atoms with Crippen LogP contribution in [0, 0.1) is 10.6 Å². The molecule has 0 spiro atoms. The van der Waals surface area contributed by atoms with Crippen LogP contribution < -0.4 is 11.2 Å². The number of hydrogen-bond acceptors (Lipinski definition) is 4. The number of fused-ring (bicyclic) bond motifs is 1. The average Bonchev–Trinajstić information content (AvgIpc) is 2.88. The van der Waals surface area contributed by atoms with Crippen molar-refractivity contribution in [3.8, 4) is 0 Å². The molecule has 2 N–H and O–H groups in total. The standard InChI is InChI=1S/C13H16N4O2S/c1-17-10-9(11(18)16-13(17)19)12(20)15-8(14-10)6-7-4-2-3-5-7/h7H,2-6H2,1H3,(H,14,15,20)(H,16,18,19). The normalized spacial score (nSPS) is 16.1. The van der Waals surface area contributed by atoms with Gasteiger partial charge in [0, 0.05) is 13.5 Å². The number of nitrogens with zero attached hydrogens (tertiary/aromatic N) is 2. The number of hydrogen-bond donors (Lipinski definition) is 2. The van der Waals surface area contributed by atoms with Crippen LogP contribution in [0.2, 0.25) is 0 Å². The van der Waals surface area contributed by atoms with Crippen LogP contribution in [0.15, 0.2) is 9.59 Å². The van der Waals surface area contributed by atoms with Crippen LogP contribution in [0.5, 0.6) is 0 Å². The van der Waals surface area contributed by atoms with Crippen molar-refractivity contribution in [2.24, 2.45) is 13.0 Å². The fraction of sp³-hybridized carbons (Fsp3) is 0.538. The molecule has 0 saturated heterocycles. The molecular formula is C13H16N4O2S. The highest BCUT2D eigenvalue weighted by molar-refractivity contribution is 7.71. The van der Waals surface area contributed by atoms with Crippen molar-refractivity contribution in [1.82, 2.24) is 19.5 Å². The lowest BCUT2D eigenvalue weighted by atomic mass is 10.0. The van der Waals surface area contributed by atoms with Crippen molar-refractivity contribution in [2.45, 2.75) is 32.1 Å². The van der Waals surface area contributed by atoms with E-state index >= 15 is 0 Å². The molecule has 2 aromatic rings. The van der Waals surface area contributed by atoms with Crippen molar-refractivity contribution in [2.75, 3.05) is 0 Å². The van der Waals surface area contributed by atoms with E-state index < -0.39 is 11.2 Å². The summed E-state index contributed by atoms with van der Waals surface area (Å²) in [6, 6.07) is 0. The van der Waals surface area contributed by atoms with Crippen molar-refractivity contribution in [3.63, 3.8) is 0 Å². The van der Waals surface area contributed by atoms with Gasteiger partial charge in [-0.15, -0.1) is 0 Å². The highest BCUT2D eigenvalue weighted by Crippen LogP contribution is 2.27. The Morgan fingerprint density at radius 1 is 1.30 bits per heavy atom. The van der Waals surface area contributed by atoms with Gasteiger partial charge in [0.25, 0.3) is 5.56 Å². The smallest absolute Gasteiger partial charge is 0.329 e. The fourth-order valence-corrected chi connectivity index (χ4v) is 3.19. The van der Waals surface area contributed by atoms with Crippen molar-refractivity contribution in [3.05, 3.63) is 31.3 Å². The van der Waals surface area contributed by atoms with Gasteiger partial charge in [-0.05, 0) is 5.92 Å². The maximum Gasteiger partial charge on any atom is 0.329 e. The lowest BCUT2D eigenvalue weighted by Crippen LogP contribution is -2.29. The number of aromatic nitrogens is 4. The highest BCUT2D eigenvalue weighted by atomic mass is 32.1. The van der Waals surface area contributed by atoms with Gasteiger partial charge in [0.05, 0.1) is 0 Å². The second-order valence-corrected chi connectivity index (χ2v) is 5.77. The van der Waals surface area contributed by atoms with E-state index in [2.05, 4.69) is 15.0 Å². The first-order chi connectivity index (χ1) is 9.56. The number of aromatic amines is 2. The van der Waals surface area contributed by atoms with Gasteiger partial charge in [-0.25, -0.2) is 9.78 Å². The summed E-state index contributed by atoms with van der Waals surface area (Å²) in [7, 11) is 1.60. The van der Waals surface area contributed by atoms with E-state index in [1.54, 1.807) is 7.05 Å². The largest absolute Gasteiger partial charge is 0.329 e. The van der Waals surface area contributed by atoms with Gasteiger partial charge >= 0.3 is 5.69 Å². The average molecular weight is 292 g/mol. The number of rotatable bonds is 2. The molecule has 6 nitrogen and oxygen atoms in total. The molecule has 2 heterocycles. The number of nitrogens with one attached hydrogen (secondary N) is 2. The summed E-state index contributed by atoms with van der Waals surface area (Å²) in [6.07, 6.45) is 5.75. The Kier molecular flexibility index (Phi) is 3.29. The maximum absolute atomic E-state index is 11.8. The van der Waals surface area contributed by atoms with Crippen LogP contribution in [0.3, 0.4) is 0 Å². The lowest BCUT2D eigenvalue weighted by molar-refractivity contribution is 0.530. The van der Waals surface area contributed by atoms with E-state index in [0.29, 0.717) is 11.6 Å². The Hall–Kier alpha value is -1.76. The monoisotopic (exact) mass is 292 g/mol. The van der Waals surface area contributed by atoms with Crippen LogP contribution >= 0.6 is 12.2 Å². The minimum atomic E-state index is -0.482. The van der Waals surface area contributed by atoms with E-state index in [4.69, 9.17) is 12.2 Å². The number of aryl methyl sites for hydroxylation is 1. The third-order valence-electron chi connectivity index (χ3n) is 3.99. The molecule has 3 rings (SSSR count). The summed E-state index contributed by atoms with van der Waals surface area (Å²) in [6.45, 7) is 0. The molecule has 1 fully saturated rings. The van der Waals surface area contributed by atoms with Gasteiger partial charge in [-0.1, -0.05) is 37.9 Å². The molecule has 0 radical (unpaired) electrons. The third kappa shape index (κ3) is 2.22. The van der Waals surface area contributed by atoms with Crippen molar-refractivity contribution < 1.29 is 0 Å². The lowest BCUT2D eigenvalue weighted by Gasteiger charge is -2.10. The molecule has 1 aliphatic rings. The summed E-state index contributed by atoms with van der Waals surface area (Å²) in [4.78, 5) is 33.2. The van der Waals surface area contributed by atoms with E-state index in [-0.39, 0.29) is 10.0 Å². The predicted octanol–water partition coefficient (Wildman–Crippen LogP) is 1.41. The van der Waals surface area contributed by atoms with Gasteiger partial charge < -0.3 is 4.98 Å². The number of H-pyrrole nitrogens is 2. The molecule has 7 heteroatoms. The quantitative estimate of drug-likeness (QED) is 0.820.